The van der Waals surface area contributed by atoms with E-state index in [1.54, 1.807) is 0 Å². The van der Waals surface area contributed by atoms with Crippen molar-refractivity contribution in [3.63, 3.8) is 0 Å². The van der Waals surface area contributed by atoms with Crippen molar-refractivity contribution in [1.82, 2.24) is 0 Å². The Labute approximate surface area is 95.1 Å². The highest BCUT2D eigenvalue weighted by atomic mass is 14.5. The van der Waals surface area contributed by atoms with Gasteiger partial charge >= 0.3 is 0 Å². The van der Waals surface area contributed by atoms with Crippen molar-refractivity contribution in [2.24, 2.45) is 23.2 Å². The molecule has 0 radical (unpaired) electrons. The van der Waals surface area contributed by atoms with Gasteiger partial charge in [-0.15, -0.1) is 6.58 Å². The minimum Gasteiger partial charge on any atom is -0.103 e. The van der Waals surface area contributed by atoms with Gasteiger partial charge in [-0.2, -0.15) is 0 Å². The average molecular weight is 206 g/mol. The van der Waals surface area contributed by atoms with Crippen molar-refractivity contribution in [1.29, 1.82) is 0 Å². The zero-order chi connectivity index (χ0) is 10.9. The highest BCUT2D eigenvalue weighted by Gasteiger charge is 2.41. The van der Waals surface area contributed by atoms with Crippen LogP contribution < -0.4 is 0 Å². The Morgan fingerprint density at radius 1 is 1.00 bits per heavy atom. The van der Waals surface area contributed by atoms with Crippen molar-refractivity contribution in [2.75, 3.05) is 0 Å². The fourth-order valence-electron chi connectivity index (χ4n) is 3.93. The molecule has 0 bridgehead atoms. The van der Waals surface area contributed by atoms with Crippen LogP contribution in [0.4, 0.5) is 0 Å². The van der Waals surface area contributed by atoms with E-state index in [2.05, 4.69) is 26.5 Å². The summed E-state index contributed by atoms with van der Waals surface area (Å²) in [5.41, 5.74) is 0.516. The van der Waals surface area contributed by atoms with Crippen LogP contribution in [0.25, 0.3) is 0 Å². The van der Waals surface area contributed by atoms with Gasteiger partial charge < -0.3 is 0 Å². The summed E-state index contributed by atoms with van der Waals surface area (Å²) in [6.07, 6.45) is 12.4. The van der Waals surface area contributed by atoms with Gasteiger partial charge in [0.1, 0.15) is 0 Å². The summed E-state index contributed by atoms with van der Waals surface area (Å²) < 4.78 is 0. The van der Waals surface area contributed by atoms with Crippen LogP contribution in [0.2, 0.25) is 0 Å². The standard InChI is InChI=1S/C15H26/c1-4-15-10-9-12(2)5-7-14(15)8-6-13(3)11-15/h4,12-14H,1,5-11H2,2-3H3. The molecule has 0 saturated heterocycles. The lowest BCUT2D eigenvalue weighted by molar-refractivity contribution is 0.104. The molecule has 2 rings (SSSR count). The first kappa shape index (κ1) is 11.2. The lowest BCUT2D eigenvalue weighted by Crippen LogP contribution is -2.34. The van der Waals surface area contributed by atoms with E-state index in [0.29, 0.717) is 5.41 Å². The van der Waals surface area contributed by atoms with Crippen molar-refractivity contribution in [2.45, 2.75) is 58.8 Å². The van der Waals surface area contributed by atoms with E-state index in [1.165, 1.54) is 44.9 Å². The van der Waals surface area contributed by atoms with Crippen LogP contribution in [0.3, 0.4) is 0 Å². The number of hydrogen-bond acceptors (Lipinski definition) is 0. The van der Waals surface area contributed by atoms with Gasteiger partial charge in [0.2, 0.25) is 0 Å². The fourth-order valence-corrected chi connectivity index (χ4v) is 3.93. The summed E-state index contributed by atoms with van der Waals surface area (Å²) in [6, 6.07) is 0. The molecule has 0 aromatic carbocycles. The van der Waals surface area contributed by atoms with Crippen LogP contribution in [0.1, 0.15) is 58.8 Å². The molecule has 0 spiro atoms. The smallest absolute Gasteiger partial charge is 0.00900 e. The quantitative estimate of drug-likeness (QED) is 0.540. The van der Waals surface area contributed by atoms with E-state index < -0.39 is 0 Å². The molecular formula is C15H26. The zero-order valence-electron chi connectivity index (χ0n) is 10.5. The molecule has 2 saturated carbocycles. The number of rotatable bonds is 1. The van der Waals surface area contributed by atoms with Crippen LogP contribution in [-0.4, -0.2) is 0 Å². The SMILES string of the molecule is C=CC12CCC(C)CCC1CCC(C)C2. The molecule has 0 nitrogen and oxygen atoms in total. The Balaban J connectivity index is 2.17. The molecule has 2 aliphatic rings. The third-order valence-corrected chi connectivity index (χ3v) is 5.07. The van der Waals surface area contributed by atoms with Gasteiger partial charge in [0, 0.05) is 0 Å². The Kier molecular flexibility index (Phi) is 3.23. The van der Waals surface area contributed by atoms with Crippen molar-refractivity contribution in [3.05, 3.63) is 12.7 Å². The topological polar surface area (TPSA) is 0 Å². The zero-order valence-corrected chi connectivity index (χ0v) is 10.5. The molecule has 0 heteroatoms. The molecule has 2 aliphatic carbocycles. The third-order valence-electron chi connectivity index (χ3n) is 5.07. The van der Waals surface area contributed by atoms with Gasteiger partial charge in [-0.3, -0.25) is 0 Å². The first-order valence-corrected chi connectivity index (χ1v) is 6.80. The maximum absolute atomic E-state index is 4.16. The predicted octanol–water partition coefficient (Wildman–Crippen LogP) is 4.81. The molecule has 15 heavy (non-hydrogen) atoms. The maximum Gasteiger partial charge on any atom is -0.00900 e. The Morgan fingerprint density at radius 3 is 2.33 bits per heavy atom. The largest absolute Gasteiger partial charge is 0.103 e. The predicted molar refractivity (Wildman–Crippen MR) is 66.8 cm³/mol. The molecular weight excluding hydrogens is 180 g/mol. The van der Waals surface area contributed by atoms with Crippen LogP contribution in [-0.2, 0) is 0 Å². The molecule has 0 amide bonds. The summed E-state index contributed by atoms with van der Waals surface area (Å²) >= 11 is 0. The first-order chi connectivity index (χ1) is 7.16. The molecule has 4 unspecified atom stereocenters. The summed E-state index contributed by atoms with van der Waals surface area (Å²) in [5, 5.41) is 0. The fraction of sp³-hybridized carbons (Fsp3) is 0.867. The third kappa shape index (κ3) is 2.14. The first-order valence-electron chi connectivity index (χ1n) is 6.80. The van der Waals surface area contributed by atoms with Crippen molar-refractivity contribution < 1.29 is 0 Å². The Morgan fingerprint density at radius 2 is 1.67 bits per heavy atom. The summed E-state index contributed by atoms with van der Waals surface area (Å²) in [4.78, 5) is 0. The molecule has 4 atom stereocenters. The van der Waals surface area contributed by atoms with E-state index in [9.17, 15) is 0 Å². The number of hydrogen-bond donors (Lipinski definition) is 0. The summed E-state index contributed by atoms with van der Waals surface area (Å²) in [6.45, 7) is 9.02. The second-order valence-corrected chi connectivity index (χ2v) is 6.24. The van der Waals surface area contributed by atoms with Crippen molar-refractivity contribution >= 4 is 0 Å². The maximum atomic E-state index is 4.16. The van der Waals surface area contributed by atoms with Gasteiger partial charge in [0.05, 0.1) is 0 Å². The number of fused-ring (bicyclic) bond motifs is 1. The van der Waals surface area contributed by atoms with E-state index in [4.69, 9.17) is 0 Å². The second-order valence-electron chi connectivity index (χ2n) is 6.24. The van der Waals surface area contributed by atoms with Gasteiger partial charge in [0.25, 0.3) is 0 Å². The van der Waals surface area contributed by atoms with E-state index in [1.807, 2.05) is 0 Å². The average Bonchev–Trinajstić information content (AvgIpc) is 2.39. The van der Waals surface area contributed by atoms with Gasteiger partial charge in [-0.25, -0.2) is 0 Å². The Bertz CT molecular complexity index is 230. The summed E-state index contributed by atoms with van der Waals surface area (Å²) in [5.74, 6) is 2.83. The highest BCUT2D eigenvalue weighted by Crippen LogP contribution is 2.52. The van der Waals surface area contributed by atoms with Gasteiger partial charge in [-0.1, -0.05) is 32.8 Å². The molecule has 0 aromatic heterocycles. The molecule has 86 valence electrons. The lowest BCUT2D eigenvalue weighted by atomic mass is 9.61. The van der Waals surface area contributed by atoms with E-state index >= 15 is 0 Å². The minimum absolute atomic E-state index is 0.516. The summed E-state index contributed by atoms with van der Waals surface area (Å²) in [7, 11) is 0. The monoisotopic (exact) mass is 206 g/mol. The molecule has 0 heterocycles. The minimum atomic E-state index is 0.516. The molecule has 2 fully saturated rings. The molecule has 0 aromatic rings. The van der Waals surface area contributed by atoms with E-state index in [-0.39, 0.29) is 0 Å². The molecule has 0 N–H and O–H groups in total. The highest BCUT2D eigenvalue weighted by molar-refractivity contribution is 5.03. The van der Waals surface area contributed by atoms with Crippen molar-refractivity contribution in [3.8, 4) is 0 Å². The number of allylic oxidation sites excluding steroid dienone is 1. The lowest BCUT2D eigenvalue weighted by Gasteiger charge is -2.44. The second kappa shape index (κ2) is 4.31. The van der Waals surface area contributed by atoms with Gasteiger partial charge in [-0.05, 0) is 55.3 Å². The molecule has 0 aliphatic heterocycles. The van der Waals surface area contributed by atoms with Gasteiger partial charge in [0.15, 0.2) is 0 Å². The normalized spacial score (nSPS) is 46.7. The Hall–Kier alpha value is -0.260. The van der Waals surface area contributed by atoms with Crippen LogP contribution in [0.5, 0.6) is 0 Å². The van der Waals surface area contributed by atoms with Crippen LogP contribution in [0.15, 0.2) is 12.7 Å². The van der Waals surface area contributed by atoms with Crippen LogP contribution >= 0.6 is 0 Å². The van der Waals surface area contributed by atoms with E-state index in [0.717, 1.165) is 17.8 Å². The van der Waals surface area contributed by atoms with Crippen LogP contribution in [0, 0.1) is 23.2 Å².